The van der Waals surface area contributed by atoms with Crippen molar-refractivity contribution in [1.29, 1.82) is 0 Å². The Bertz CT molecular complexity index is 766. The second-order valence-corrected chi connectivity index (χ2v) is 8.59. The van der Waals surface area contributed by atoms with Gasteiger partial charge in [0.15, 0.2) is 0 Å². The summed E-state index contributed by atoms with van der Waals surface area (Å²) < 4.78 is 6.21. The van der Waals surface area contributed by atoms with E-state index in [2.05, 4.69) is 66.3 Å². The molecular formula is C23H31N3O. The lowest BCUT2D eigenvalue weighted by Crippen LogP contribution is -2.43. The molecule has 4 nitrogen and oxygen atoms in total. The molecule has 0 spiro atoms. The maximum Gasteiger partial charge on any atom is 0.127 e. The summed E-state index contributed by atoms with van der Waals surface area (Å²) in [6, 6.07) is 11.9. The van der Waals surface area contributed by atoms with E-state index < -0.39 is 0 Å². The van der Waals surface area contributed by atoms with Crippen LogP contribution in [0.25, 0.3) is 0 Å². The van der Waals surface area contributed by atoms with E-state index in [1.54, 1.807) is 0 Å². The third kappa shape index (κ3) is 4.17. The lowest BCUT2D eigenvalue weighted by atomic mass is 9.99. The molecule has 2 aliphatic rings. The largest absolute Gasteiger partial charge is 0.487 e. The van der Waals surface area contributed by atoms with E-state index in [-0.39, 0.29) is 5.60 Å². The molecule has 1 fully saturated rings. The number of fused-ring (bicyclic) bond motifs is 1. The zero-order chi connectivity index (χ0) is 18.9. The number of aromatic nitrogens is 1. The Morgan fingerprint density at radius 2 is 1.93 bits per heavy atom. The molecule has 0 bridgehead atoms. The van der Waals surface area contributed by atoms with Gasteiger partial charge in [-0.15, -0.1) is 0 Å². The Hall–Kier alpha value is -1.91. The first kappa shape index (κ1) is 18.5. The van der Waals surface area contributed by atoms with Gasteiger partial charge in [0.05, 0.1) is 0 Å². The average molecular weight is 366 g/mol. The Balaban J connectivity index is 1.30. The highest BCUT2D eigenvalue weighted by molar-refractivity contribution is 5.45. The molecule has 1 saturated heterocycles. The summed E-state index contributed by atoms with van der Waals surface area (Å²) in [5, 5.41) is 3.78. The Morgan fingerprint density at radius 3 is 2.67 bits per heavy atom. The number of nitrogens with zero attached hydrogens (tertiary/aromatic N) is 2. The lowest BCUT2D eigenvalue weighted by molar-refractivity contribution is 0.136. The summed E-state index contributed by atoms with van der Waals surface area (Å²) in [6.45, 7) is 9.81. The number of pyridine rings is 1. The number of hydrogen-bond acceptors (Lipinski definition) is 4. The topological polar surface area (TPSA) is 37.4 Å². The molecule has 1 N–H and O–H groups in total. The van der Waals surface area contributed by atoms with Gasteiger partial charge in [-0.1, -0.05) is 18.2 Å². The molecule has 4 heteroatoms. The van der Waals surface area contributed by atoms with Crippen molar-refractivity contribution in [2.45, 2.75) is 64.3 Å². The highest BCUT2D eigenvalue weighted by Crippen LogP contribution is 2.37. The number of benzene rings is 1. The van der Waals surface area contributed by atoms with E-state index in [0.717, 1.165) is 31.8 Å². The van der Waals surface area contributed by atoms with Crippen molar-refractivity contribution >= 4 is 0 Å². The number of rotatable bonds is 5. The number of hydrogen-bond donors (Lipinski definition) is 1. The van der Waals surface area contributed by atoms with E-state index in [9.17, 15) is 0 Å². The van der Waals surface area contributed by atoms with Crippen LogP contribution in [0, 0.1) is 0 Å². The molecule has 0 saturated carbocycles. The minimum absolute atomic E-state index is 0.0765. The first-order valence-corrected chi connectivity index (χ1v) is 10.2. The van der Waals surface area contributed by atoms with Crippen LogP contribution in [-0.2, 0) is 13.0 Å². The van der Waals surface area contributed by atoms with Gasteiger partial charge >= 0.3 is 0 Å². The fraction of sp³-hybridized carbons (Fsp3) is 0.522. The second-order valence-electron chi connectivity index (χ2n) is 8.59. The van der Waals surface area contributed by atoms with Crippen LogP contribution in [0.15, 0.2) is 42.7 Å². The van der Waals surface area contributed by atoms with E-state index in [4.69, 9.17) is 4.74 Å². The fourth-order valence-electron chi connectivity index (χ4n) is 4.42. The summed E-state index contributed by atoms with van der Waals surface area (Å²) in [4.78, 5) is 6.72. The predicted molar refractivity (Wildman–Crippen MR) is 109 cm³/mol. The number of nitrogens with one attached hydrogen (secondary N) is 1. The standard InChI is InChI=1S/C23H31N3O/c1-17(18-7-11-24-12-8-18)26-13-9-21(10-14-26)25-16-20-6-4-5-19-15-23(2,3)27-22(19)20/h4-8,11-12,17,21,25H,9-10,13-16H2,1-3H3. The zero-order valence-corrected chi connectivity index (χ0v) is 16.7. The third-order valence-electron chi connectivity index (χ3n) is 6.02. The minimum atomic E-state index is -0.0765. The van der Waals surface area contributed by atoms with Crippen molar-refractivity contribution in [3.63, 3.8) is 0 Å². The van der Waals surface area contributed by atoms with Crippen molar-refractivity contribution in [1.82, 2.24) is 15.2 Å². The van der Waals surface area contributed by atoms with Crippen molar-refractivity contribution in [2.75, 3.05) is 13.1 Å². The quantitative estimate of drug-likeness (QED) is 0.865. The van der Waals surface area contributed by atoms with Crippen LogP contribution in [0.1, 0.15) is 56.3 Å². The SMILES string of the molecule is CC(c1ccncc1)N1CCC(NCc2cccc3c2OC(C)(C)C3)CC1. The van der Waals surface area contributed by atoms with Gasteiger partial charge in [0.2, 0.25) is 0 Å². The first-order chi connectivity index (χ1) is 13.0. The minimum Gasteiger partial charge on any atom is -0.487 e. The molecule has 4 rings (SSSR count). The van der Waals surface area contributed by atoms with Crippen molar-refractivity contribution in [3.05, 3.63) is 59.4 Å². The Kier molecular flexibility index (Phi) is 5.20. The molecule has 1 unspecified atom stereocenters. The van der Waals surface area contributed by atoms with Crippen LogP contribution >= 0.6 is 0 Å². The van der Waals surface area contributed by atoms with Crippen molar-refractivity contribution in [2.24, 2.45) is 0 Å². The maximum atomic E-state index is 6.21. The van der Waals surface area contributed by atoms with Gasteiger partial charge in [0.25, 0.3) is 0 Å². The Labute approximate surface area is 162 Å². The summed E-state index contributed by atoms with van der Waals surface area (Å²) in [5.41, 5.74) is 3.93. The zero-order valence-electron chi connectivity index (χ0n) is 16.7. The predicted octanol–water partition coefficient (Wildman–Crippen LogP) is 4.11. The van der Waals surface area contributed by atoms with Gasteiger partial charge in [0, 0.05) is 56.1 Å². The van der Waals surface area contributed by atoms with Gasteiger partial charge in [-0.2, -0.15) is 0 Å². The summed E-state index contributed by atoms with van der Waals surface area (Å²) in [7, 11) is 0. The summed E-state index contributed by atoms with van der Waals surface area (Å²) in [5.74, 6) is 1.11. The molecule has 0 radical (unpaired) electrons. The van der Waals surface area contributed by atoms with Gasteiger partial charge in [-0.3, -0.25) is 9.88 Å². The molecule has 1 aromatic heterocycles. The number of likely N-dealkylation sites (tertiary alicyclic amines) is 1. The number of para-hydroxylation sites is 1. The van der Waals surface area contributed by atoms with Crippen LogP contribution in [0.2, 0.25) is 0 Å². The highest BCUT2D eigenvalue weighted by atomic mass is 16.5. The fourth-order valence-corrected chi connectivity index (χ4v) is 4.42. The maximum absolute atomic E-state index is 6.21. The van der Waals surface area contributed by atoms with E-state index in [1.165, 1.54) is 29.5 Å². The van der Waals surface area contributed by atoms with E-state index in [1.807, 2.05) is 12.4 Å². The molecule has 2 aliphatic heterocycles. The highest BCUT2D eigenvalue weighted by Gasteiger charge is 2.31. The Morgan fingerprint density at radius 1 is 1.19 bits per heavy atom. The van der Waals surface area contributed by atoms with Gasteiger partial charge in [0.1, 0.15) is 11.4 Å². The van der Waals surface area contributed by atoms with Gasteiger partial charge in [-0.05, 0) is 56.9 Å². The average Bonchev–Trinajstić information content (AvgIpc) is 3.01. The lowest BCUT2D eigenvalue weighted by Gasteiger charge is -2.36. The van der Waals surface area contributed by atoms with Crippen LogP contribution in [0.4, 0.5) is 0 Å². The monoisotopic (exact) mass is 365 g/mol. The molecule has 1 aromatic carbocycles. The molecule has 144 valence electrons. The summed E-state index contributed by atoms with van der Waals surface area (Å²) >= 11 is 0. The van der Waals surface area contributed by atoms with Gasteiger partial charge in [-0.25, -0.2) is 0 Å². The molecule has 0 amide bonds. The van der Waals surface area contributed by atoms with Crippen molar-refractivity contribution < 1.29 is 4.74 Å². The second kappa shape index (κ2) is 7.61. The normalized spacial score (nSPS) is 20.9. The van der Waals surface area contributed by atoms with Crippen LogP contribution < -0.4 is 10.1 Å². The molecule has 1 atom stereocenters. The van der Waals surface area contributed by atoms with E-state index in [0.29, 0.717) is 12.1 Å². The molecule has 27 heavy (non-hydrogen) atoms. The molecule has 0 aliphatic carbocycles. The van der Waals surface area contributed by atoms with Gasteiger partial charge < -0.3 is 10.1 Å². The summed E-state index contributed by atoms with van der Waals surface area (Å²) in [6.07, 6.45) is 7.17. The first-order valence-electron chi connectivity index (χ1n) is 10.2. The number of piperidine rings is 1. The van der Waals surface area contributed by atoms with Crippen LogP contribution in [-0.4, -0.2) is 34.6 Å². The van der Waals surface area contributed by atoms with Crippen LogP contribution in [0.3, 0.4) is 0 Å². The van der Waals surface area contributed by atoms with Crippen LogP contribution in [0.5, 0.6) is 5.75 Å². The molecule has 3 heterocycles. The van der Waals surface area contributed by atoms with E-state index >= 15 is 0 Å². The molecular weight excluding hydrogens is 334 g/mol. The molecule has 2 aromatic rings. The van der Waals surface area contributed by atoms with Crippen molar-refractivity contribution in [3.8, 4) is 5.75 Å². The number of ether oxygens (including phenoxy) is 1. The smallest absolute Gasteiger partial charge is 0.127 e. The third-order valence-corrected chi connectivity index (χ3v) is 6.02.